The molecule has 0 unspecified atom stereocenters. The molecule has 1 aromatic rings. The largest absolute Gasteiger partial charge is 0.492 e. The molecule has 1 aliphatic rings. The molecular weight excluding hydrogens is 280 g/mol. The number of carbonyl (C=O) groups is 1. The van der Waals surface area contributed by atoms with Crippen molar-refractivity contribution in [1.82, 2.24) is 4.90 Å². The number of urea groups is 1. The van der Waals surface area contributed by atoms with Crippen LogP contribution in [0.1, 0.15) is 19.8 Å². The third-order valence-electron chi connectivity index (χ3n) is 3.33. The minimum absolute atomic E-state index is 0.00253. The Morgan fingerprint density at radius 1 is 1.60 bits per heavy atom. The first-order chi connectivity index (χ1) is 9.65. The first kappa shape index (κ1) is 14.9. The Balaban J connectivity index is 2.02. The number of halogens is 1. The molecule has 1 saturated heterocycles. The smallest absolute Gasteiger partial charge is 0.322 e. The van der Waals surface area contributed by atoms with Crippen LogP contribution in [-0.4, -0.2) is 41.8 Å². The highest BCUT2D eigenvalue weighted by Crippen LogP contribution is 2.28. The van der Waals surface area contributed by atoms with Gasteiger partial charge in [0.2, 0.25) is 0 Å². The van der Waals surface area contributed by atoms with Crippen molar-refractivity contribution in [3.05, 3.63) is 23.2 Å². The van der Waals surface area contributed by atoms with E-state index in [2.05, 4.69) is 5.32 Å². The van der Waals surface area contributed by atoms with Crippen LogP contribution in [-0.2, 0) is 0 Å². The van der Waals surface area contributed by atoms with Crippen LogP contribution < -0.4 is 10.1 Å². The zero-order valence-electron chi connectivity index (χ0n) is 11.4. The summed E-state index contributed by atoms with van der Waals surface area (Å²) in [5.41, 5.74) is 0.618. The molecular formula is C14H19ClN2O3. The summed E-state index contributed by atoms with van der Waals surface area (Å²) in [4.78, 5) is 13.8. The zero-order chi connectivity index (χ0) is 14.5. The maximum Gasteiger partial charge on any atom is 0.322 e. The molecule has 0 radical (unpaired) electrons. The minimum Gasteiger partial charge on any atom is -0.492 e. The Bertz CT molecular complexity index is 481. The highest BCUT2D eigenvalue weighted by Gasteiger charge is 2.28. The Morgan fingerprint density at radius 3 is 3.05 bits per heavy atom. The minimum atomic E-state index is -0.207. The Hall–Kier alpha value is -1.46. The fraction of sp³-hybridized carbons (Fsp3) is 0.500. The van der Waals surface area contributed by atoms with Crippen molar-refractivity contribution in [2.75, 3.05) is 25.1 Å². The molecule has 2 amide bonds. The van der Waals surface area contributed by atoms with E-state index in [1.54, 1.807) is 23.1 Å². The van der Waals surface area contributed by atoms with E-state index < -0.39 is 0 Å². The van der Waals surface area contributed by atoms with Crippen molar-refractivity contribution < 1.29 is 14.6 Å². The van der Waals surface area contributed by atoms with Crippen LogP contribution in [0.3, 0.4) is 0 Å². The van der Waals surface area contributed by atoms with E-state index in [-0.39, 0.29) is 18.7 Å². The van der Waals surface area contributed by atoms with E-state index in [0.29, 0.717) is 29.6 Å². The quantitative estimate of drug-likeness (QED) is 0.898. The number of nitrogens with zero attached hydrogens (tertiary/aromatic N) is 1. The summed E-state index contributed by atoms with van der Waals surface area (Å²) in [7, 11) is 0. The molecule has 6 heteroatoms. The summed E-state index contributed by atoms with van der Waals surface area (Å²) in [5.74, 6) is 0.599. The predicted molar refractivity (Wildman–Crippen MR) is 78.5 cm³/mol. The van der Waals surface area contributed by atoms with Gasteiger partial charge in [0.1, 0.15) is 5.75 Å². The van der Waals surface area contributed by atoms with E-state index in [0.717, 1.165) is 12.8 Å². The van der Waals surface area contributed by atoms with Gasteiger partial charge in [-0.05, 0) is 38.0 Å². The van der Waals surface area contributed by atoms with Gasteiger partial charge in [0.15, 0.2) is 0 Å². The summed E-state index contributed by atoms with van der Waals surface area (Å²) in [6.07, 6.45) is 1.76. The number of amides is 2. The van der Waals surface area contributed by atoms with Crippen molar-refractivity contribution in [1.29, 1.82) is 0 Å². The van der Waals surface area contributed by atoms with Crippen LogP contribution >= 0.6 is 11.6 Å². The normalized spacial score (nSPS) is 18.1. The standard InChI is InChI=1S/C14H19ClN2O3/c1-2-20-13-6-5-10(8-12(13)15)16-14(19)17-7-3-4-11(17)9-18/h5-6,8,11,18H,2-4,7,9H2,1H3,(H,16,19)/t11-/m0/s1. The molecule has 0 aromatic heterocycles. The van der Waals surface area contributed by atoms with Crippen molar-refractivity contribution in [3.8, 4) is 5.75 Å². The number of aliphatic hydroxyl groups excluding tert-OH is 1. The Labute approximate surface area is 123 Å². The number of rotatable bonds is 4. The van der Waals surface area contributed by atoms with Crippen LogP contribution in [0.15, 0.2) is 18.2 Å². The van der Waals surface area contributed by atoms with Gasteiger partial charge >= 0.3 is 6.03 Å². The lowest BCUT2D eigenvalue weighted by atomic mass is 10.2. The number of carbonyl (C=O) groups excluding carboxylic acids is 1. The molecule has 0 saturated carbocycles. The van der Waals surface area contributed by atoms with Gasteiger partial charge in [-0.2, -0.15) is 0 Å². The van der Waals surface area contributed by atoms with Gasteiger partial charge in [-0.25, -0.2) is 4.79 Å². The lowest BCUT2D eigenvalue weighted by molar-refractivity contribution is 0.166. The van der Waals surface area contributed by atoms with Gasteiger partial charge in [0, 0.05) is 12.2 Å². The number of anilines is 1. The highest BCUT2D eigenvalue weighted by atomic mass is 35.5. The molecule has 1 atom stereocenters. The van der Waals surface area contributed by atoms with E-state index in [1.807, 2.05) is 6.92 Å². The third kappa shape index (κ3) is 3.35. The van der Waals surface area contributed by atoms with E-state index in [1.165, 1.54) is 0 Å². The fourth-order valence-electron chi connectivity index (χ4n) is 2.34. The van der Waals surface area contributed by atoms with Crippen molar-refractivity contribution in [3.63, 3.8) is 0 Å². The molecule has 0 bridgehead atoms. The number of benzene rings is 1. The molecule has 1 fully saturated rings. The third-order valence-corrected chi connectivity index (χ3v) is 3.63. The lowest BCUT2D eigenvalue weighted by Crippen LogP contribution is -2.40. The Kier molecular flexibility index (Phi) is 5.09. The lowest BCUT2D eigenvalue weighted by Gasteiger charge is -2.23. The molecule has 2 N–H and O–H groups in total. The maximum absolute atomic E-state index is 12.1. The summed E-state index contributed by atoms with van der Waals surface area (Å²) < 4.78 is 5.34. The van der Waals surface area contributed by atoms with Crippen molar-refractivity contribution >= 4 is 23.3 Å². The molecule has 0 aliphatic carbocycles. The van der Waals surface area contributed by atoms with Gasteiger partial charge in [-0.1, -0.05) is 11.6 Å². The SMILES string of the molecule is CCOc1ccc(NC(=O)N2CCC[C@H]2CO)cc1Cl. The van der Waals surface area contributed by atoms with Gasteiger partial charge in [0.25, 0.3) is 0 Å². The van der Waals surface area contributed by atoms with E-state index >= 15 is 0 Å². The van der Waals surface area contributed by atoms with Crippen molar-refractivity contribution in [2.24, 2.45) is 0 Å². The number of hydrogen-bond acceptors (Lipinski definition) is 3. The van der Waals surface area contributed by atoms with Gasteiger partial charge in [-0.15, -0.1) is 0 Å². The summed E-state index contributed by atoms with van der Waals surface area (Å²) in [5, 5.41) is 12.5. The zero-order valence-corrected chi connectivity index (χ0v) is 12.2. The summed E-state index contributed by atoms with van der Waals surface area (Å²) >= 11 is 6.08. The highest BCUT2D eigenvalue weighted by molar-refractivity contribution is 6.32. The molecule has 20 heavy (non-hydrogen) atoms. The van der Waals surface area contributed by atoms with E-state index in [4.69, 9.17) is 16.3 Å². The number of likely N-dealkylation sites (tertiary alicyclic amines) is 1. The molecule has 2 rings (SSSR count). The molecule has 0 spiro atoms. The van der Waals surface area contributed by atoms with Crippen LogP contribution in [0.5, 0.6) is 5.75 Å². The Morgan fingerprint density at radius 2 is 2.40 bits per heavy atom. The number of nitrogens with one attached hydrogen (secondary N) is 1. The monoisotopic (exact) mass is 298 g/mol. The van der Waals surface area contributed by atoms with Gasteiger partial charge in [-0.3, -0.25) is 0 Å². The van der Waals surface area contributed by atoms with Crippen LogP contribution in [0.25, 0.3) is 0 Å². The van der Waals surface area contributed by atoms with Gasteiger partial charge in [0.05, 0.1) is 24.3 Å². The number of hydrogen-bond donors (Lipinski definition) is 2. The van der Waals surface area contributed by atoms with E-state index in [9.17, 15) is 9.90 Å². The second kappa shape index (κ2) is 6.81. The predicted octanol–water partition coefficient (Wildman–Crippen LogP) is 2.73. The summed E-state index contributed by atoms with van der Waals surface area (Å²) in [6, 6.07) is 4.84. The van der Waals surface area contributed by atoms with Crippen LogP contribution in [0, 0.1) is 0 Å². The molecule has 5 nitrogen and oxygen atoms in total. The first-order valence-corrected chi connectivity index (χ1v) is 7.14. The molecule has 1 aromatic carbocycles. The van der Waals surface area contributed by atoms with Crippen molar-refractivity contribution in [2.45, 2.75) is 25.8 Å². The topological polar surface area (TPSA) is 61.8 Å². The van der Waals surface area contributed by atoms with Crippen LogP contribution in [0.2, 0.25) is 5.02 Å². The summed E-state index contributed by atoms with van der Waals surface area (Å²) in [6.45, 7) is 3.09. The average molecular weight is 299 g/mol. The maximum atomic E-state index is 12.1. The second-order valence-corrected chi connectivity index (χ2v) is 5.09. The fourth-order valence-corrected chi connectivity index (χ4v) is 2.57. The second-order valence-electron chi connectivity index (χ2n) is 4.68. The number of aliphatic hydroxyl groups is 1. The number of ether oxygens (including phenoxy) is 1. The average Bonchev–Trinajstić information content (AvgIpc) is 2.90. The molecule has 1 heterocycles. The molecule has 1 aliphatic heterocycles. The first-order valence-electron chi connectivity index (χ1n) is 6.76. The van der Waals surface area contributed by atoms with Crippen LogP contribution in [0.4, 0.5) is 10.5 Å². The van der Waals surface area contributed by atoms with Gasteiger partial charge < -0.3 is 20.1 Å². The molecule has 110 valence electrons.